The number of rotatable bonds is 9. The van der Waals surface area contributed by atoms with Gasteiger partial charge in [-0.25, -0.2) is 4.98 Å². The van der Waals surface area contributed by atoms with Gasteiger partial charge in [-0.1, -0.05) is 36.9 Å². The Morgan fingerprint density at radius 3 is 2.97 bits per heavy atom. The number of para-hydroxylation sites is 1. The van der Waals surface area contributed by atoms with E-state index in [1.165, 1.54) is 17.3 Å². The van der Waals surface area contributed by atoms with E-state index in [0.29, 0.717) is 35.9 Å². The summed E-state index contributed by atoms with van der Waals surface area (Å²) in [7, 11) is 1.66. The average molecular weight is 458 g/mol. The maximum Gasteiger partial charge on any atom is 0.262 e. The van der Waals surface area contributed by atoms with Gasteiger partial charge >= 0.3 is 0 Å². The summed E-state index contributed by atoms with van der Waals surface area (Å²) < 4.78 is 6.90. The highest BCUT2D eigenvalue weighted by molar-refractivity contribution is 7.99. The number of hydrogen-bond donors (Lipinski definition) is 0. The molecule has 3 aromatic rings. The molecule has 8 heteroatoms. The van der Waals surface area contributed by atoms with Crippen molar-refractivity contribution in [3.63, 3.8) is 0 Å². The highest BCUT2D eigenvalue weighted by Gasteiger charge is 2.24. The van der Waals surface area contributed by atoms with Crippen molar-refractivity contribution in [3.05, 3.63) is 51.1 Å². The van der Waals surface area contributed by atoms with E-state index in [1.807, 2.05) is 29.2 Å². The Balaban J connectivity index is 1.49. The summed E-state index contributed by atoms with van der Waals surface area (Å²) in [4.78, 5) is 34.6. The molecule has 0 aliphatic carbocycles. The number of hydrogen-bond acceptors (Lipinski definition) is 6. The summed E-state index contributed by atoms with van der Waals surface area (Å²) in [5.74, 6) is 0.711. The summed E-state index contributed by atoms with van der Waals surface area (Å²) in [5, 5.41) is 1.38. The Bertz CT molecular complexity index is 1140. The molecule has 1 aliphatic heterocycles. The van der Waals surface area contributed by atoms with Gasteiger partial charge in [0.05, 0.1) is 5.39 Å². The molecular weight excluding hydrogens is 430 g/mol. The van der Waals surface area contributed by atoms with Gasteiger partial charge in [-0.3, -0.25) is 14.2 Å². The minimum Gasteiger partial charge on any atom is -0.385 e. The van der Waals surface area contributed by atoms with Crippen LogP contribution >= 0.6 is 23.1 Å². The van der Waals surface area contributed by atoms with E-state index in [0.717, 1.165) is 41.2 Å². The first-order valence-corrected chi connectivity index (χ1v) is 12.5. The zero-order chi connectivity index (χ0) is 21.8. The number of thiophene rings is 1. The first-order valence-electron chi connectivity index (χ1n) is 10.7. The Morgan fingerprint density at radius 2 is 2.16 bits per heavy atom. The first-order chi connectivity index (χ1) is 15.1. The van der Waals surface area contributed by atoms with E-state index < -0.39 is 0 Å². The summed E-state index contributed by atoms with van der Waals surface area (Å²) in [6, 6.07) is 10.1. The predicted octanol–water partition coefficient (Wildman–Crippen LogP) is 4.13. The average Bonchev–Trinajstić information content (AvgIpc) is 3.40. The number of anilines is 1. The molecule has 0 unspecified atom stereocenters. The maximum absolute atomic E-state index is 13.1. The molecule has 4 rings (SSSR count). The molecule has 0 atom stereocenters. The van der Waals surface area contributed by atoms with Crippen molar-refractivity contribution in [2.24, 2.45) is 0 Å². The van der Waals surface area contributed by atoms with Crippen LogP contribution in [-0.2, 0) is 28.9 Å². The van der Waals surface area contributed by atoms with E-state index in [9.17, 15) is 9.59 Å². The molecule has 3 heterocycles. The lowest BCUT2D eigenvalue weighted by Gasteiger charge is -2.17. The molecule has 6 nitrogen and oxygen atoms in total. The third-order valence-electron chi connectivity index (χ3n) is 5.48. The second-order valence-electron chi connectivity index (χ2n) is 7.51. The van der Waals surface area contributed by atoms with E-state index in [1.54, 1.807) is 23.0 Å². The highest BCUT2D eigenvalue weighted by atomic mass is 32.2. The lowest BCUT2D eigenvalue weighted by Crippen LogP contribution is -2.29. The number of nitrogens with zero attached hydrogens (tertiary/aromatic N) is 3. The molecule has 1 amide bonds. The maximum atomic E-state index is 13.1. The van der Waals surface area contributed by atoms with Crippen molar-refractivity contribution >= 4 is 44.9 Å². The standard InChI is InChI=1S/C23H27N3O3S2/c1-3-17-15-18-21(31-17)24-23(26(22(18)28)11-6-13-29-2)30-14-10-20(27)25-12-9-16-7-4-5-8-19(16)25/h4-5,7-8,15H,3,6,9-14H2,1-2H3. The molecule has 0 fully saturated rings. The van der Waals surface area contributed by atoms with E-state index in [2.05, 4.69) is 13.0 Å². The minimum atomic E-state index is -0.000602. The normalized spacial score (nSPS) is 13.2. The molecule has 0 saturated heterocycles. The number of fused-ring (bicyclic) bond motifs is 2. The highest BCUT2D eigenvalue weighted by Crippen LogP contribution is 2.29. The number of methoxy groups -OCH3 is 1. The Morgan fingerprint density at radius 1 is 1.32 bits per heavy atom. The van der Waals surface area contributed by atoms with Gasteiger partial charge in [-0.2, -0.15) is 0 Å². The monoisotopic (exact) mass is 457 g/mol. The van der Waals surface area contributed by atoms with Gasteiger partial charge < -0.3 is 9.64 Å². The van der Waals surface area contributed by atoms with E-state index >= 15 is 0 Å². The second kappa shape index (κ2) is 9.97. The first kappa shape index (κ1) is 22.0. The van der Waals surface area contributed by atoms with Gasteiger partial charge in [-0.05, 0) is 37.0 Å². The molecule has 0 bridgehead atoms. The zero-order valence-electron chi connectivity index (χ0n) is 17.9. The second-order valence-corrected chi connectivity index (χ2v) is 9.68. The number of benzene rings is 1. The van der Waals surface area contributed by atoms with Gasteiger partial charge in [0.25, 0.3) is 5.56 Å². The molecule has 0 radical (unpaired) electrons. The van der Waals surface area contributed by atoms with E-state index in [4.69, 9.17) is 9.72 Å². The third kappa shape index (κ3) is 4.71. The topological polar surface area (TPSA) is 64.4 Å². The number of thioether (sulfide) groups is 1. The van der Waals surface area contributed by atoms with Gasteiger partial charge in [0.1, 0.15) is 4.83 Å². The van der Waals surface area contributed by atoms with Crippen LogP contribution in [0.4, 0.5) is 5.69 Å². The quantitative estimate of drug-likeness (QED) is 0.275. The summed E-state index contributed by atoms with van der Waals surface area (Å²) in [6.45, 7) is 3.97. The fourth-order valence-corrected chi connectivity index (χ4v) is 5.82. The van der Waals surface area contributed by atoms with Crippen molar-refractivity contribution in [1.82, 2.24) is 9.55 Å². The molecule has 31 heavy (non-hydrogen) atoms. The molecular formula is C23H27N3O3S2. The van der Waals surface area contributed by atoms with Gasteiger partial charge in [-0.15, -0.1) is 11.3 Å². The van der Waals surface area contributed by atoms with Crippen molar-refractivity contribution < 1.29 is 9.53 Å². The summed E-state index contributed by atoms with van der Waals surface area (Å²) >= 11 is 3.07. The molecule has 0 N–H and O–H groups in total. The minimum absolute atomic E-state index is 0.000602. The molecule has 1 aromatic carbocycles. The Labute approximate surface area is 190 Å². The van der Waals surface area contributed by atoms with Crippen molar-refractivity contribution in [2.75, 3.05) is 30.9 Å². The SMILES string of the molecule is CCc1cc2c(=O)n(CCCOC)c(SCCC(=O)N3CCc4ccccc43)nc2s1. The lowest BCUT2D eigenvalue weighted by molar-refractivity contribution is -0.118. The number of ether oxygens (including phenoxy) is 1. The smallest absolute Gasteiger partial charge is 0.262 e. The number of carbonyl (C=O) groups is 1. The fraction of sp³-hybridized carbons (Fsp3) is 0.435. The molecule has 0 saturated carbocycles. The van der Waals surface area contributed by atoms with Crippen LogP contribution in [0.5, 0.6) is 0 Å². The summed E-state index contributed by atoms with van der Waals surface area (Å²) in [6.07, 6.45) is 2.95. The van der Waals surface area contributed by atoms with Crippen LogP contribution in [-0.4, -0.2) is 41.5 Å². The molecule has 2 aromatic heterocycles. The number of aromatic nitrogens is 2. The fourth-order valence-electron chi connectivity index (χ4n) is 3.86. The summed E-state index contributed by atoms with van der Waals surface area (Å²) in [5.41, 5.74) is 2.26. The van der Waals surface area contributed by atoms with Crippen LogP contribution in [0.2, 0.25) is 0 Å². The molecule has 1 aliphatic rings. The van der Waals surface area contributed by atoms with Crippen molar-refractivity contribution in [3.8, 4) is 0 Å². The van der Waals surface area contributed by atoms with Crippen LogP contribution in [0.15, 0.2) is 40.3 Å². The number of amides is 1. The van der Waals surface area contributed by atoms with Crippen LogP contribution < -0.4 is 10.5 Å². The number of carbonyl (C=O) groups excluding carboxylic acids is 1. The van der Waals surface area contributed by atoms with Crippen molar-refractivity contribution in [2.45, 2.75) is 44.3 Å². The van der Waals surface area contributed by atoms with Crippen LogP contribution in [0.1, 0.15) is 30.2 Å². The molecule has 164 valence electrons. The van der Waals surface area contributed by atoms with Gasteiger partial charge in [0.15, 0.2) is 5.16 Å². The Hall–Kier alpha value is -2.16. The third-order valence-corrected chi connectivity index (χ3v) is 7.63. The van der Waals surface area contributed by atoms with Crippen LogP contribution in [0, 0.1) is 0 Å². The Kier molecular flexibility index (Phi) is 7.09. The van der Waals surface area contributed by atoms with Crippen molar-refractivity contribution in [1.29, 1.82) is 0 Å². The lowest BCUT2D eigenvalue weighted by atomic mass is 10.2. The van der Waals surface area contributed by atoms with E-state index in [-0.39, 0.29) is 11.5 Å². The predicted molar refractivity (Wildman–Crippen MR) is 128 cm³/mol. The van der Waals surface area contributed by atoms with Gasteiger partial charge in [0, 0.05) is 49.5 Å². The number of aryl methyl sites for hydroxylation is 1. The zero-order valence-corrected chi connectivity index (χ0v) is 19.6. The largest absolute Gasteiger partial charge is 0.385 e. The van der Waals surface area contributed by atoms with Gasteiger partial charge in [0.2, 0.25) is 5.91 Å². The van der Waals surface area contributed by atoms with Crippen LogP contribution in [0.25, 0.3) is 10.2 Å². The molecule has 0 spiro atoms. The van der Waals surface area contributed by atoms with Crippen LogP contribution in [0.3, 0.4) is 0 Å².